The molecule has 0 fully saturated rings. The molecular weight excluding hydrogens is 292 g/mol. The summed E-state index contributed by atoms with van der Waals surface area (Å²) in [4.78, 5) is 11.4. The summed E-state index contributed by atoms with van der Waals surface area (Å²) in [6.07, 6.45) is 3.83. The Bertz CT molecular complexity index is 504. The van der Waals surface area contributed by atoms with Gasteiger partial charge in [-0.2, -0.15) is 5.10 Å². The molecule has 0 aromatic heterocycles. The number of carbonyl (C=O) groups excluding carboxylic acids is 1. The monoisotopic (exact) mass is 312 g/mol. The second-order valence-electron chi connectivity index (χ2n) is 4.36. The van der Waals surface area contributed by atoms with Crippen molar-refractivity contribution in [3.05, 3.63) is 22.7 Å². The molecule has 5 nitrogen and oxygen atoms in total. The lowest BCUT2D eigenvalue weighted by Crippen LogP contribution is -2.16. The highest BCUT2D eigenvalue weighted by molar-refractivity contribution is 6.32. The van der Waals surface area contributed by atoms with Gasteiger partial charge in [0.25, 0.3) is 0 Å². The van der Waals surface area contributed by atoms with Crippen molar-refractivity contribution in [2.24, 2.45) is 5.10 Å². The second kappa shape index (κ2) is 9.23. The Kier molecular flexibility index (Phi) is 7.61. The first-order valence-corrected chi connectivity index (χ1v) is 7.32. The fourth-order valence-corrected chi connectivity index (χ4v) is 1.99. The number of benzene rings is 1. The summed E-state index contributed by atoms with van der Waals surface area (Å²) in [6, 6.07) is 3.46. The fraction of sp³-hybridized carbons (Fsp3) is 0.467. The molecular formula is C15H21ClN2O3. The Morgan fingerprint density at radius 3 is 2.81 bits per heavy atom. The molecule has 21 heavy (non-hydrogen) atoms. The molecule has 116 valence electrons. The van der Waals surface area contributed by atoms with E-state index in [2.05, 4.69) is 10.5 Å². The normalized spacial score (nSPS) is 10.7. The molecule has 1 aromatic carbocycles. The van der Waals surface area contributed by atoms with E-state index in [1.165, 1.54) is 13.3 Å². The average Bonchev–Trinajstić information content (AvgIpc) is 2.45. The van der Waals surface area contributed by atoms with Crippen molar-refractivity contribution in [3.63, 3.8) is 0 Å². The minimum atomic E-state index is -0.0993. The van der Waals surface area contributed by atoms with Crippen LogP contribution in [0.15, 0.2) is 17.2 Å². The molecule has 0 spiro atoms. The number of hydrogen-bond donors (Lipinski definition) is 1. The molecule has 0 aliphatic rings. The predicted octanol–water partition coefficient (Wildman–Crippen LogP) is 3.39. The lowest BCUT2D eigenvalue weighted by Gasteiger charge is -2.11. The lowest BCUT2D eigenvalue weighted by molar-refractivity contribution is -0.121. The van der Waals surface area contributed by atoms with Crippen LogP contribution in [0.25, 0.3) is 0 Å². The van der Waals surface area contributed by atoms with Gasteiger partial charge < -0.3 is 9.47 Å². The quantitative estimate of drug-likeness (QED) is 0.591. The van der Waals surface area contributed by atoms with E-state index in [0.29, 0.717) is 29.5 Å². The highest BCUT2D eigenvalue weighted by Crippen LogP contribution is 2.35. The van der Waals surface area contributed by atoms with Crippen LogP contribution in [-0.2, 0) is 4.79 Å². The van der Waals surface area contributed by atoms with Gasteiger partial charge in [0, 0.05) is 6.42 Å². The van der Waals surface area contributed by atoms with Crippen LogP contribution in [0.3, 0.4) is 0 Å². The molecule has 1 amide bonds. The van der Waals surface area contributed by atoms with Crippen molar-refractivity contribution >= 4 is 23.7 Å². The maximum absolute atomic E-state index is 11.4. The number of nitrogens with zero attached hydrogens (tertiary/aromatic N) is 1. The minimum absolute atomic E-state index is 0.0993. The van der Waals surface area contributed by atoms with Gasteiger partial charge in [-0.3, -0.25) is 4.79 Å². The Balaban J connectivity index is 2.77. The number of rotatable bonds is 8. The third-order valence-electron chi connectivity index (χ3n) is 2.70. The molecule has 0 radical (unpaired) electrons. The maximum atomic E-state index is 11.4. The van der Waals surface area contributed by atoms with E-state index in [1.54, 1.807) is 12.1 Å². The number of nitrogens with one attached hydrogen (secondary N) is 1. The number of amides is 1. The summed E-state index contributed by atoms with van der Waals surface area (Å²) in [5, 5.41) is 4.35. The van der Waals surface area contributed by atoms with Crippen LogP contribution in [0.4, 0.5) is 0 Å². The molecule has 0 bridgehead atoms. The van der Waals surface area contributed by atoms with Crippen molar-refractivity contribution in [1.29, 1.82) is 0 Å². The van der Waals surface area contributed by atoms with Crippen LogP contribution in [0.2, 0.25) is 5.02 Å². The Labute approximate surface area is 130 Å². The Hall–Kier alpha value is -1.75. The number of hydrazone groups is 1. The summed E-state index contributed by atoms with van der Waals surface area (Å²) in [7, 11) is 1.53. The van der Waals surface area contributed by atoms with E-state index in [4.69, 9.17) is 21.1 Å². The van der Waals surface area contributed by atoms with Gasteiger partial charge in [-0.25, -0.2) is 5.43 Å². The first kappa shape index (κ1) is 17.3. The fourth-order valence-electron chi connectivity index (χ4n) is 1.70. The van der Waals surface area contributed by atoms with Gasteiger partial charge in [-0.05, 0) is 31.0 Å². The molecule has 6 heteroatoms. The second-order valence-corrected chi connectivity index (χ2v) is 4.77. The number of carbonyl (C=O) groups is 1. The summed E-state index contributed by atoms with van der Waals surface area (Å²) in [5.41, 5.74) is 3.20. The molecule has 0 aliphatic carbocycles. The summed E-state index contributed by atoms with van der Waals surface area (Å²) >= 11 is 6.13. The number of halogens is 1. The van der Waals surface area contributed by atoms with Gasteiger partial charge in [0.15, 0.2) is 11.5 Å². The van der Waals surface area contributed by atoms with E-state index in [-0.39, 0.29) is 5.91 Å². The number of ether oxygens (including phenoxy) is 2. The van der Waals surface area contributed by atoms with Crippen LogP contribution in [0.1, 0.15) is 38.7 Å². The summed E-state index contributed by atoms with van der Waals surface area (Å²) < 4.78 is 10.7. The molecule has 1 aromatic rings. The van der Waals surface area contributed by atoms with Crippen LogP contribution >= 0.6 is 11.6 Å². The summed E-state index contributed by atoms with van der Waals surface area (Å²) in [6.45, 7) is 4.41. The highest BCUT2D eigenvalue weighted by Gasteiger charge is 2.10. The van der Waals surface area contributed by atoms with Gasteiger partial charge >= 0.3 is 0 Å². The zero-order valence-corrected chi connectivity index (χ0v) is 13.4. The first-order valence-electron chi connectivity index (χ1n) is 6.94. The minimum Gasteiger partial charge on any atom is -0.491 e. The highest BCUT2D eigenvalue weighted by atomic mass is 35.5. The number of methoxy groups -OCH3 is 1. The number of hydrogen-bond acceptors (Lipinski definition) is 4. The van der Waals surface area contributed by atoms with Crippen LogP contribution in [0.5, 0.6) is 11.5 Å². The Morgan fingerprint density at radius 1 is 1.43 bits per heavy atom. The maximum Gasteiger partial charge on any atom is 0.240 e. The van der Waals surface area contributed by atoms with Gasteiger partial charge in [-0.15, -0.1) is 0 Å². The van der Waals surface area contributed by atoms with Crippen molar-refractivity contribution in [1.82, 2.24) is 5.43 Å². The topological polar surface area (TPSA) is 59.9 Å². The standard InChI is InChI=1S/C15H21ClN2O3/c1-4-6-7-14(19)18-17-10-11-8-12(16)15(20-3)13(9-11)21-5-2/h8-10H,4-7H2,1-3H3,(H,18,19)/b17-10+. The molecule has 0 aliphatic heterocycles. The predicted molar refractivity (Wildman–Crippen MR) is 84.4 cm³/mol. The molecule has 0 unspecified atom stereocenters. The SMILES string of the molecule is CCCCC(=O)N/N=C/c1cc(Cl)c(OC)c(OCC)c1. The van der Waals surface area contributed by atoms with E-state index in [0.717, 1.165) is 18.4 Å². The van der Waals surface area contributed by atoms with Gasteiger partial charge in [-0.1, -0.05) is 24.9 Å². The van der Waals surface area contributed by atoms with Crippen molar-refractivity contribution in [2.75, 3.05) is 13.7 Å². The van der Waals surface area contributed by atoms with E-state index in [1.807, 2.05) is 13.8 Å². The molecule has 0 saturated carbocycles. The van der Waals surface area contributed by atoms with Crippen molar-refractivity contribution in [2.45, 2.75) is 33.1 Å². The molecule has 1 N–H and O–H groups in total. The molecule has 0 atom stereocenters. The Morgan fingerprint density at radius 2 is 2.19 bits per heavy atom. The van der Waals surface area contributed by atoms with E-state index < -0.39 is 0 Å². The van der Waals surface area contributed by atoms with Crippen LogP contribution in [-0.4, -0.2) is 25.8 Å². The third kappa shape index (κ3) is 5.63. The van der Waals surface area contributed by atoms with Crippen molar-refractivity contribution in [3.8, 4) is 11.5 Å². The van der Waals surface area contributed by atoms with Gasteiger partial charge in [0.1, 0.15) is 0 Å². The van der Waals surface area contributed by atoms with E-state index in [9.17, 15) is 4.79 Å². The summed E-state index contributed by atoms with van der Waals surface area (Å²) in [5.74, 6) is 0.937. The van der Waals surface area contributed by atoms with Gasteiger partial charge in [0.05, 0.1) is 25.0 Å². The number of unbranched alkanes of at least 4 members (excludes halogenated alkanes) is 1. The third-order valence-corrected chi connectivity index (χ3v) is 2.98. The zero-order valence-electron chi connectivity index (χ0n) is 12.6. The lowest BCUT2D eigenvalue weighted by atomic mass is 10.2. The van der Waals surface area contributed by atoms with E-state index >= 15 is 0 Å². The molecule has 1 rings (SSSR count). The average molecular weight is 313 g/mol. The smallest absolute Gasteiger partial charge is 0.240 e. The van der Waals surface area contributed by atoms with Crippen LogP contribution < -0.4 is 14.9 Å². The molecule has 0 saturated heterocycles. The first-order chi connectivity index (χ1) is 10.1. The van der Waals surface area contributed by atoms with Crippen molar-refractivity contribution < 1.29 is 14.3 Å². The van der Waals surface area contributed by atoms with Gasteiger partial charge in [0.2, 0.25) is 5.91 Å². The zero-order chi connectivity index (χ0) is 15.7. The molecule has 0 heterocycles. The van der Waals surface area contributed by atoms with Crippen LogP contribution in [0, 0.1) is 0 Å². The largest absolute Gasteiger partial charge is 0.491 e.